The van der Waals surface area contributed by atoms with Crippen LogP contribution in [0.2, 0.25) is 0 Å². The molecule has 1 spiro atoms. The minimum atomic E-state index is -4.66. The highest BCUT2D eigenvalue weighted by Gasteiger charge is 2.43. The Labute approximate surface area is 184 Å². The van der Waals surface area contributed by atoms with Gasteiger partial charge in [0.15, 0.2) is 5.82 Å². The predicted octanol–water partition coefficient (Wildman–Crippen LogP) is 3.93. The Morgan fingerprint density at radius 2 is 1.97 bits per heavy atom. The second-order valence-electron chi connectivity index (χ2n) is 8.77. The van der Waals surface area contributed by atoms with E-state index in [1.165, 1.54) is 12.1 Å². The maximum absolute atomic E-state index is 13.4. The van der Waals surface area contributed by atoms with Crippen LogP contribution < -0.4 is 10.6 Å². The first-order chi connectivity index (χ1) is 15.2. The molecule has 1 saturated carbocycles. The molecule has 2 fully saturated rings. The van der Waals surface area contributed by atoms with Gasteiger partial charge in [0.1, 0.15) is 11.8 Å². The minimum absolute atomic E-state index is 0.0584. The van der Waals surface area contributed by atoms with Crippen molar-refractivity contribution in [3.8, 4) is 17.3 Å². The molecule has 9 heteroatoms. The lowest BCUT2D eigenvalue weighted by molar-refractivity contribution is -0.137. The SMILES string of the molecule is Cc1nc(N2CCC3(CCC[C@H]3N)CC2)c(CO)nc1-c1cccc(C(F)(F)F)c1C#N. The number of halogens is 3. The number of aliphatic hydroxyl groups excluding tert-OH is 1. The van der Waals surface area contributed by atoms with E-state index in [1.807, 2.05) is 0 Å². The van der Waals surface area contributed by atoms with Crippen LogP contribution in [0.1, 0.15) is 54.6 Å². The maximum atomic E-state index is 13.4. The van der Waals surface area contributed by atoms with Crippen LogP contribution in [0, 0.1) is 23.7 Å². The van der Waals surface area contributed by atoms with Gasteiger partial charge in [-0.1, -0.05) is 18.6 Å². The number of piperidine rings is 1. The van der Waals surface area contributed by atoms with Gasteiger partial charge in [0.05, 0.1) is 29.1 Å². The van der Waals surface area contributed by atoms with Crippen LogP contribution in [0.15, 0.2) is 18.2 Å². The maximum Gasteiger partial charge on any atom is 0.417 e. The van der Waals surface area contributed by atoms with E-state index in [2.05, 4.69) is 14.9 Å². The van der Waals surface area contributed by atoms with Crippen LogP contribution >= 0.6 is 0 Å². The number of alkyl halides is 3. The lowest BCUT2D eigenvalue weighted by atomic mass is 9.74. The molecule has 1 aromatic heterocycles. The number of nitriles is 1. The predicted molar refractivity (Wildman–Crippen MR) is 114 cm³/mol. The lowest BCUT2D eigenvalue weighted by Gasteiger charge is -2.42. The second-order valence-corrected chi connectivity index (χ2v) is 8.77. The summed E-state index contributed by atoms with van der Waals surface area (Å²) in [5.74, 6) is 0.542. The molecule has 0 amide bonds. The van der Waals surface area contributed by atoms with Crippen LogP contribution in [-0.2, 0) is 12.8 Å². The summed E-state index contributed by atoms with van der Waals surface area (Å²) in [6.07, 6.45) is 0.544. The fourth-order valence-electron chi connectivity index (χ4n) is 5.21. The summed E-state index contributed by atoms with van der Waals surface area (Å²) in [5, 5.41) is 19.4. The van der Waals surface area contributed by atoms with Crippen LogP contribution in [0.3, 0.4) is 0 Å². The highest BCUT2D eigenvalue weighted by Crippen LogP contribution is 2.46. The van der Waals surface area contributed by atoms with Crippen molar-refractivity contribution in [3.63, 3.8) is 0 Å². The van der Waals surface area contributed by atoms with E-state index in [-0.39, 0.29) is 22.7 Å². The molecule has 1 atom stereocenters. The molecule has 170 valence electrons. The summed E-state index contributed by atoms with van der Waals surface area (Å²) in [6, 6.07) is 5.44. The Balaban J connectivity index is 1.70. The molecular formula is C23H26F3N5O. The zero-order chi connectivity index (χ0) is 23.1. The Morgan fingerprint density at radius 3 is 2.53 bits per heavy atom. The van der Waals surface area contributed by atoms with Crippen molar-refractivity contribution in [2.75, 3.05) is 18.0 Å². The van der Waals surface area contributed by atoms with E-state index in [0.29, 0.717) is 17.2 Å². The quantitative estimate of drug-likeness (QED) is 0.743. The minimum Gasteiger partial charge on any atom is -0.390 e. The number of rotatable bonds is 3. The van der Waals surface area contributed by atoms with Crippen molar-refractivity contribution < 1.29 is 18.3 Å². The summed E-state index contributed by atoms with van der Waals surface area (Å²) in [7, 11) is 0. The number of benzene rings is 1. The third kappa shape index (κ3) is 3.82. The molecule has 6 nitrogen and oxygen atoms in total. The van der Waals surface area contributed by atoms with E-state index in [1.54, 1.807) is 13.0 Å². The van der Waals surface area contributed by atoms with Crippen molar-refractivity contribution in [2.24, 2.45) is 11.1 Å². The Bertz CT molecular complexity index is 1050. The zero-order valence-electron chi connectivity index (χ0n) is 17.9. The number of nitrogens with two attached hydrogens (primary N) is 1. The molecule has 4 rings (SSSR count). The van der Waals surface area contributed by atoms with Gasteiger partial charge in [-0.05, 0) is 44.1 Å². The molecule has 1 aromatic carbocycles. The number of hydrogen-bond donors (Lipinski definition) is 2. The molecule has 1 aliphatic carbocycles. The van der Waals surface area contributed by atoms with Gasteiger partial charge >= 0.3 is 6.18 Å². The molecule has 0 radical (unpaired) electrons. The Hall–Kier alpha value is -2.70. The molecule has 1 aliphatic heterocycles. The molecule has 2 aliphatic rings. The van der Waals surface area contributed by atoms with Gasteiger partial charge in [-0.2, -0.15) is 18.4 Å². The van der Waals surface area contributed by atoms with Gasteiger partial charge in [0, 0.05) is 24.7 Å². The number of aryl methyl sites for hydroxylation is 1. The molecule has 0 bridgehead atoms. The normalized spacial score (nSPS) is 20.5. The molecule has 2 heterocycles. The van der Waals surface area contributed by atoms with Gasteiger partial charge in [0.2, 0.25) is 0 Å². The summed E-state index contributed by atoms with van der Waals surface area (Å²) in [5.41, 5.74) is 5.96. The van der Waals surface area contributed by atoms with Gasteiger partial charge in [-0.3, -0.25) is 0 Å². The van der Waals surface area contributed by atoms with Crippen molar-refractivity contribution in [1.29, 1.82) is 5.26 Å². The topological polar surface area (TPSA) is 99.1 Å². The van der Waals surface area contributed by atoms with E-state index in [4.69, 9.17) is 5.73 Å². The smallest absolute Gasteiger partial charge is 0.390 e. The first kappa shape index (κ1) is 22.5. The molecule has 1 saturated heterocycles. The molecule has 3 N–H and O–H groups in total. The highest BCUT2D eigenvalue weighted by atomic mass is 19.4. The third-order valence-corrected chi connectivity index (χ3v) is 7.04. The van der Waals surface area contributed by atoms with Crippen LogP contribution in [-0.4, -0.2) is 34.2 Å². The summed E-state index contributed by atoms with van der Waals surface area (Å²) in [6.45, 7) is 2.73. The van der Waals surface area contributed by atoms with Crippen molar-refractivity contribution >= 4 is 5.82 Å². The first-order valence-corrected chi connectivity index (χ1v) is 10.8. The van der Waals surface area contributed by atoms with Gasteiger partial charge in [0.25, 0.3) is 0 Å². The second kappa shape index (κ2) is 8.34. The number of aliphatic hydroxyl groups is 1. The van der Waals surface area contributed by atoms with Gasteiger partial charge in [-0.25, -0.2) is 9.97 Å². The van der Waals surface area contributed by atoms with E-state index in [9.17, 15) is 23.5 Å². The standard InChI is InChI=1S/C23H26F3N5O/c1-14-20(15-4-2-5-17(16(15)12-27)23(24,25)26)30-18(13-32)21(29-14)31-10-8-22(9-11-31)7-3-6-19(22)28/h2,4-5,19,32H,3,6-11,13,28H2,1H3/t19-/m1/s1. The third-order valence-electron chi connectivity index (χ3n) is 7.04. The largest absolute Gasteiger partial charge is 0.417 e. The van der Waals surface area contributed by atoms with E-state index in [0.717, 1.165) is 51.3 Å². The molecular weight excluding hydrogens is 419 g/mol. The average Bonchev–Trinajstić information content (AvgIpc) is 3.12. The highest BCUT2D eigenvalue weighted by molar-refractivity contribution is 5.72. The number of hydrogen-bond acceptors (Lipinski definition) is 6. The monoisotopic (exact) mass is 445 g/mol. The van der Waals surface area contributed by atoms with E-state index < -0.39 is 23.9 Å². The molecule has 32 heavy (non-hydrogen) atoms. The Morgan fingerprint density at radius 1 is 1.25 bits per heavy atom. The lowest BCUT2D eigenvalue weighted by Crippen LogP contribution is -2.47. The number of aromatic nitrogens is 2. The summed E-state index contributed by atoms with van der Waals surface area (Å²) >= 11 is 0. The van der Waals surface area contributed by atoms with Gasteiger partial charge < -0.3 is 15.7 Å². The van der Waals surface area contributed by atoms with Crippen molar-refractivity contribution in [3.05, 3.63) is 40.7 Å². The van der Waals surface area contributed by atoms with E-state index >= 15 is 0 Å². The number of anilines is 1. The molecule has 0 unspecified atom stereocenters. The van der Waals surface area contributed by atoms with Crippen LogP contribution in [0.4, 0.5) is 19.0 Å². The van der Waals surface area contributed by atoms with Gasteiger partial charge in [-0.15, -0.1) is 0 Å². The van der Waals surface area contributed by atoms with Crippen molar-refractivity contribution in [1.82, 2.24) is 9.97 Å². The molecule has 2 aromatic rings. The summed E-state index contributed by atoms with van der Waals surface area (Å²) in [4.78, 5) is 11.2. The van der Waals surface area contributed by atoms with Crippen molar-refractivity contribution in [2.45, 2.75) is 57.9 Å². The number of nitrogens with zero attached hydrogens (tertiary/aromatic N) is 4. The first-order valence-electron chi connectivity index (χ1n) is 10.8. The fourth-order valence-corrected chi connectivity index (χ4v) is 5.21. The zero-order valence-corrected chi connectivity index (χ0v) is 17.9. The fraction of sp³-hybridized carbons (Fsp3) is 0.522. The van der Waals surface area contributed by atoms with Crippen LogP contribution in [0.25, 0.3) is 11.3 Å². The average molecular weight is 445 g/mol. The van der Waals surface area contributed by atoms with Crippen LogP contribution in [0.5, 0.6) is 0 Å². The Kier molecular flexibility index (Phi) is 5.86. The summed E-state index contributed by atoms with van der Waals surface area (Å²) < 4.78 is 40.2.